The number of carbonyl (C=O) groups excluding carboxylic acids is 1. The molecule has 0 aromatic carbocycles. The summed E-state index contributed by atoms with van der Waals surface area (Å²) in [6.07, 6.45) is -1.53. The van der Waals surface area contributed by atoms with Crippen LogP contribution in [0.1, 0.15) is 32.1 Å². The van der Waals surface area contributed by atoms with E-state index in [-0.39, 0.29) is 31.8 Å². The second-order valence-corrected chi connectivity index (χ2v) is 5.45. The van der Waals surface area contributed by atoms with Crippen molar-refractivity contribution in [2.24, 2.45) is 17.1 Å². The summed E-state index contributed by atoms with van der Waals surface area (Å²) in [6, 6.07) is 0. The highest BCUT2D eigenvalue weighted by molar-refractivity contribution is 5.84. The number of amides is 1. The Bertz CT molecular complexity index is 312. The third-order valence-corrected chi connectivity index (χ3v) is 4.40. The van der Waals surface area contributed by atoms with Crippen molar-refractivity contribution in [2.45, 2.75) is 38.3 Å². The minimum absolute atomic E-state index is 0.0237. The number of rotatable bonds is 2. The van der Waals surface area contributed by atoms with Gasteiger partial charge in [-0.2, -0.15) is 13.2 Å². The highest BCUT2D eigenvalue weighted by atomic mass is 19.4. The molecule has 2 fully saturated rings. The maximum absolute atomic E-state index is 12.5. The fourth-order valence-corrected chi connectivity index (χ4v) is 2.85. The number of piperidine rings is 1. The summed E-state index contributed by atoms with van der Waals surface area (Å²) in [4.78, 5) is 13.8. The number of halogens is 3. The minimum Gasteiger partial charge on any atom is -0.342 e. The molecule has 0 radical (unpaired) electrons. The molecule has 1 aliphatic carbocycles. The number of nitrogens with zero attached hydrogens (tertiary/aromatic N) is 1. The van der Waals surface area contributed by atoms with E-state index in [2.05, 4.69) is 0 Å². The average molecular weight is 264 g/mol. The van der Waals surface area contributed by atoms with Crippen LogP contribution in [-0.2, 0) is 4.79 Å². The van der Waals surface area contributed by atoms with E-state index >= 15 is 0 Å². The van der Waals surface area contributed by atoms with Gasteiger partial charge in [-0.05, 0) is 25.7 Å². The van der Waals surface area contributed by atoms with E-state index in [0.717, 1.165) is 19.3 Å². The van der Waals surface area contributed by atoms with Gasteiger partial charge in [-0.25, -0.2) is 0 Å². The van der Waals surface area contributed by atoms with Crippen molar-refractivity contribution in [3.8, 4) is 0 Å². The molecule has 104 valence electrons. The number of nitrogens with two attached hydrogens (primary N) is 1. The Labute approximate surface area is 104 Å². The summed E-state index contributed by atoms with van der Waals surface area (Å²) in [6.45, 7) is 0.737. The Kier molecular flexibility index (Phi) is 3.58. The van der Waals surface area contributed by atoms with Crippen LogP contribution in [0, 0.1) is 11.3 Å². The largest absolute Gasteiger partial charge is 0.391 e. The Morgan fingerprint density at radius 2 is 1.83 bits per heavy atom. The van der Waals surface area contributed by atoms with Crippen molar-refractivity contribution >= 4 is 5.91 Å². The van der Waals surface area contributed by atoms with E-state index in [1.54, 1.807) is 4.90 Å². The third-order valence-electron chi connectivity index (χ3n) is 4.40. The molecule has 1 saturated carbocycles. The molecule has 0 atom stereocenters. The zero-order valence-corrected chi connectivity index (χ0v) is 10.3. The van der Waals surface area contributed by atoms with Crippen molar-refractivity contribution in [1.82, 2.24) is 4.90 Å². The SMILES string of the molecule is NCC1(C(=O)N2CCC(C(F)(F)F)CC2)CCC1. The van der Waals surface area contributed by atoms with E-state index in [0.29, 0.717) is 6.54 Å². The molecule has 0 bridgehead atoms. The summed E-state index contributed by atoms with van der Waals surface area (Å²) in [5.41, 5.74) is 5.18. The van der Waals surface area contributed by atoms with Gasteiger partial charge in [0.2, 0.25) is 5.91 Å². The van der Waals surface area contributed by atoms with Gasteiger partial charge in [0.15, 0.2) is 0 Å². The van der Waals surface area contributed by atoms with Crippen LogP contribution in [0.2, 0.25) is 0 Å². The van der Waals surface area contributed by atoms with Gasteiger partial charge in [-0.15, -0.1) is 0 Å². The molecule has 0 unspecified atom stereocenters. The summed E-state index contributed by atoms with van der Waals surface area (Å²) >= 11 is 0. The van der Waals surface area contributed by atoms with Gasteiger partial charge in [-0.3, -0.25) is 4.79 Å². The zero-order valence-electron chi connectivity index (χ0n) is 10.3. The highest BCUT2D eigenvalue weighted by Crippen LogP contribution is 2.43. The van der Waals surface area contributed by atoms with E-state index in [1.807, 2.05) is 0 Å². The number of carbonyl (C=O) groups is 1. The van der Waals surface area contributed by atoms with Crippen molar-refractivity contribution in [3.05, 3.63) is 0 Å². The first-order chi connectivity index (χ1) is 8.39. The summed E-state index contributed by atoms with van der Waals surface area (Å²) < 4.78 is 37.6. The number of hydrogen-bond donors (Lipinski definition) is 1. The molecule has 2 N–H and O–H groups in total. The Balaban J connectivity index is 1.92. The van der Waals surface area contributed by atoms with E-state index in [4.69, 9.17) is 5.73 Å². The first-order valence-corrected chi connectivity index (χ1v) is 6.45. The van der Waals surface area contributed by atoms with Gasteiger partial charge >= 0.3 is 6.18 Å². The lowest BCUT2D eigenvalue weighted by molar-refractivity contribution is -0.188. The van der Waals surface area contributed by atoms with Gasteiger partial charge < -0.3 is 10.6 Å². The fraction of sp³-hybridized carbons (Fsp3) is 0.917. The molecule has 3 nitrogen and oxygen atoms in total. The molecule has 0 aromatic heterocycles. The maximum Gasteiger partial charge on any atom is 0.391 e. The zero-order chi connectivity index (χ0) is 13.4. The van der Waals surface area contributed by atoms with Crippen molar-refractivity contribution in [3.63, 3.8) is 0 Å². The van der Waals surface area contributed by atoms with Crippen LogP contribution in [0.15, 0.2) is 0 Å². The standard InChI is InChI=1S/C12H19F3N2O/c13-12(14,15)9-2-6-17(7-3-9)10(18)11(8-16)4-1-5-11/h9H,1-8,16H2. The monoisotopic (exact) mass is 264 g/mol. The molecule has 0 aromatic rings. The van der Waals surface area contributed by atoms with Crippen LogP contribution in [0.4, 0.5) is 13.2 Å². The lowest BCUT2D eigenvalue weighted by Gasteiger charge is -2.44. The van der Waals surface area contributed by atoms with E-state index in [1.165, 1.54) is 0 Å². The number of alkyl halides is 3. The van der Waals surface area contributed by atoms with E-state index < -0.39 is 17.5 Å². The number of hydrogen-bond acceptors (Lipinski definition) is 2. The van der Waals surface area contributed by atoms with Crippen molar-refractivity contribution in [2.75, 3.05) is 19.6 Å². The van der Waals surface area contributed by atoms with Crippen LogP contribution in [-0.4, -0.2) is 36.6 Å². The van der Waals surface area contributed by atoms with Gasteiger partial charge in [0.25, 0.3) is 0 Å². The molecule has 2 rings (SSSR count). The molecular weight excluding hydrogens is 245 g/mol. The Morgan fingerprint density at radius 3 is 2.17 bits per heavy atom. The highest BCUT2D eigenvalue weighted by Gasteiger charge is 2.47. The molecule has 1 aliphatic heterocycles. The van der Waals surface area contributed by atoms with Gasteiger partial charge in [-0.1, -0.05) is 6.42 Å². The van der Waals surface area contributed by atoms with Crippen LogP contribution < -0.4 is 5.73 Å². The first kappa shape index (κ1) is 13.6. The predicted molar refractivity (Wildman–Crippen MR) is 60.7 cm³/mol. The molecule has 2 aliphatic rings. The average Bonchev–Trinajstić information content (AvgIpc) is 2.27. The van der Waals surface area contributed by atoms with Crippen LogP contribution >= 0.6 is 0 Å². The molecular formula is C12H19F3N2O. The van der Waals surface area contributed by atoms with E-state index in [9.17, 15) is 18.0 Å². The Hall–Kier alpha value is -0.780. The second-order valence-electron chi connectivity index (χ2n) is 5.45. The molecule has 1 amide bonds. The molecule has 1 heterocycles. The molecule has 0 spiro atoms. The van der Waals surface area contributed by atoms with Gasteiger partial charge in [0, 0.05) is 19.6 Å². The second kappa shape index (κ2) is 4.72. The van der Waals surface area contributed by atoms with Crippen LogP contribution in [0.5, 0.6) is 0 Å². The maximum atomic E-state index is 12.5. The lowest BCUT2D eigenvalue weighted by Crippen LogP contribution is -2.54. The quantitative estimate of drug-likeness (QED) is 0.828. The normalized spacial score (nSPS) is 24.8. The molecule has 6 heteroatoms. The summed E-state index contributed by atoms with van der Waals surface area (Å²) in [5.74, 6) is -1.28. The number of likely N-dealkylation sites (tertiary alicyclic amines) is 1. The first-order valence-electron chi connectivity index (χ1n) is 6.45. The van der Waals surface area contributed by atoms with Crippen LogP contribution in [0.3, 0.4) is 0 Å². The minimum atomic E-state index is -4.13. The van der Waals surface area contributed by atoms with Crippen LogP contribution in [0.25, 0.3) is 0 Å². The van der Waals surface area contributed by atoms with Crippen molar-refractivity contribution < 1.29 is 18.0 Å². The predicted octanol–water partition coefficient (Wildman–Crippen LogP) is 1.92. The lowest BCUT2D eigenvalue weighted by atomic mass is 9.67. The summed E-state index contributed by atoms with van der Waals surface area (Å²) in [7, 11) is 0. The summed E-state index contributed by atoms with van der Waals surface area (Å²) in [5, 5.41) is 0. The topological polar surface area (TPSA) is 46.3 Å². The van der Waals surface area contributed by atoms with Gasteiger partial charge in [0.1, 0.15) is 0 Å². The van der Waals surface area contributed by atoms with Crippen molar-refractivity contribution in [1.29, 1.82) is 0 Å². The molecule has 18 heavy (non-hydrogen) atoms. The smallest absolute Gasteiger partial charge is 0.342 e. The Morgan fingerprint density at radius 1 is 1.28 bits per heavy atom. The third kappa shape index (κ3) is 2.35. The molecule has 1 saturated heterocycles. The van der Waals surface area contributed by atoms with Gasteiger partial charge in [0.05, 0.1) is 11.3 Å². The fourth-order valence-electron chi connectivity index (χ4n) is 2.85.